The van der Waals surface area contributed by atoms with E-state index in [9.17, 15) is 14.4 Å². The fourth-order valence-electron chi connectivity index (χ4n) is 4.26. The number of carbonyl (C=O) groups is 3. The molecule has 6 nitrogen and oxygen atoms in total. The minimum atomic E-state index is -0.699. The largest absolute Gasteiger partial charge is 0.481 e. The van der Waals surface area contributed by atoms with Gasteiger partial charge in [-0.3, -0.25) is 14.9 Å². The van der Waals surface area contributed by atoms with E-state index >= 15 is 0 Å². The molecule has 0 spiro atoms. The van der Waals surface area contributed by atoms with E-state index in [0.717, 1.165) is 32.1 Å². The van der Waals surface area contributed by atoms with Crippen LogP contribution in [0.3, 0.4) is 0 Å². The van der Waals surface area contributed by atoms with Gasteiger partial charge >= 0.3 is 12.0 Å². The van der Waals surface area contributed by atoms with Crippen molar-refractivity contribution in [2.75, 3.05) is 0 Å². The molecule has 0 aliphatic carbocycles. The van der Waals surface area contributed by atoms with Crippen LogP contribution in [-0.2, 0) is 9.59 Å². The predicted molar refractivity (Wildman–Crippen MR) is 111 cm³/mol. The topological polar surface area (TPSA) is 95.5 Å². The lowest BCUT2D eigenvalue weighted by atomic mass is 9.82. The molecule has 1 aliphatic rings. The Hall–Kier alpha value is -1.59. The summed E-state index contributed by atoms with van der Waals surface area (Å²) < 4.78 is 0. The Kier molecular flexibility index (Phi) is 12.6. The molecule has 0 bridgehead atoms. The number of carbonyl (C=O) groups excluding carboxylic acids is 2. The molecule has 1 fully saturated rings. The Balaban J connectivity index is 2.41. The maximum Gasteiger partial charge on any atom is 0.322 e. The first-order valence-corrected chi connectivity index (χ1v) is 11.3. The first kappa shape index (κ1) is 24.4. The highest BCUT2D eigenvalue weighted by Gasteiger charge is 2.29. The Morgan fingerprint density at radius 1 is 0.929 bits per heavy atom. The van der Waals surface area contributed by atoms with Crippen molar-refractivity contribution in [1.29, 1.82) is 0 Å². The van der Waals surface area contributed by atoms with E-state index < -0.39 is 5.97 Å². The molecular formula is C22H40N2O4. The average molecular weight is 397 g/mol. The van der Waals surface area contributed by atoms with Gasteiger partial charge in [0.15, 0.2) is 0 Å². The van der Waals surface area contributed by atoms with E-state index in [4.69, 9.17) is 5.11 Å². The summed E-state index contributed by atoms with van der Waals surface area (Å²) in [5, 5.41) is 13.7. The highest BCUT2D eigenvalue weighted by molar-refractivity contribution is 6.04. The van der Waals surface area contributed by atoms with Crippen molar-refractivity contribution in [2.45, 2.75) is 110 Å². The Morgan fingerprint density at radius 3 is 2.21 bits per heavy atom. The smallest absolute Gasteiger partial charge is 0.322 e. The second kappa shape index (κ2) is 14.4. The van der Waals surface area contributed by atoms with E-state index in [0.29, 0.717) is 11.8 Å². The van der Waals surface area contributed by atoms with Crippen molar-refractivity contribution >= 4 is 17.9 Å². The molecular weight excluding hydrogens is 356 g/mol. The van der Waals surface area contributed by atoms with E-state index in [2.05, 4.69) is 24.5 Å². The van der Waals surface area contributed by atoms with Crippen LogP contribution in [0.4, 0.5) is 4.79 Å². The first-order valence-electron chi connectivity index (χ1n) is 11.3. The number of imide groups is 1. The summed E-state index contributed by atoms with van der Waals surface area (Å²) in [6.07, 6.45) is 14.5. The quantitative estimate of drug-likeness (QED) is 0.238. The van der Waals surface area contributed by atoms with Gasteiger partial charge in [0, 0.05) is 6.42 Å². The molecule has 3 amide bonds. The summed E-state index contributed by atoms with van der Waals surface area (Å²) in [6, 6.07) is -0.734. The van der Waals surface area contributed by atoms with Crippen molar-refractivity contribution in [3.8, 4) is 0 Å². The molecule has 1 heterocycles. The molecule has 0 radical (unpaired) electrons. The van der Waals surface area contributed by atoms with Gasteiger partial charge in [0.25, 0.3) is 5.91 Å². The molecule has 1 aliphatic heterocycles. The van der Waals surface area contributed by atoms with Crippen LogP contribution in [0.25, 0.3) is 0 Å². The zero-order chi connectivity index (χ0) is 20.8. The van der Waals surface area contributed by atoms with Crippen LogP contribution in [0, 0.1) is 11.8 Å². The SMILES string of the molecule is CCCCC(CCC1NC(=O)NC1=O)CC(CCC)CCCCCCC(=O)O. The molecule has 0 aromatic carbocycles. The minimum Gasteiger partial charge on any atom is -0.481 e. The normalized spacial score (nSPS) is 18.6. The van der Waals surface area contributed by atoms with Gasteiger partial charge in [-0.25, -0.2) is 4.79 Å². The second-order valence-electron chi connectivity index (χ2n) is 8.34. The number of rotatable bonds is 17. The number of unbranched alkanes of at least 4 members (excludes halogenated alkanes) is 4. The molecule has 3 atom stereocenters. The molecule has 0 saturated carbocycles. The van der Waals surface area contributed by atoms with Crippen molar-refractivity contribution < 1.29 is 19.5 Å². The Morgan fingerprint density at radius 2 is 1.61 bits per heavy atom. The standard InChI is InChI=1S/C22H40N2O4/c1-3-5-11-18(14-15-19-21(27)24-22(28)23-19)16-17(10-4-2)12-8-6-7-9-13-20(25)26/h17-19H,3-16H2,1-2H3,(H,25,26)(H2,23,24,27,28). The second-order valence-corrected chi connectivity index (χ2v) is 8.34. The molecule has 3 N–H and O–H groups in total. The van der Waals surface area contributed by atoms with Crippen molar-refractivity contribution in [1.82, 2.24) is 10.6 Å². The molecule has 1 saturated heterocycles. The molecule has 0 aromatic rings. The number of urea groups is 1. The summed E-state index contributed by atoms with van der Waals surface area (Å²) in [7, 11) is 0. The lowest BCUT2D eigenvalue weighted by Crippen LogP contribution is -2.29. The van der Waals surface area contributed by atoms with Gasteiger partial charge in [0.05, 0.1) is 0 Å². The van der Waals surface area contributed by atoms with Gasteiger partial charge in [0.2, 0.25) is 0 Å². The fourth-order valence-corrected chi connectivity index (χ4v) is 4.26. The van der Waals surface area contributed by atoms with Gasteiger partial charge in [0.1, 0.15) is 6.04 Å². The van der Waals surface area contributed by atoms with Gasteiger partial charge in [-0.2, -0.15) is 0 Å². The number of hydrogen-bond acceptors (Lipinski definition) is 3. The van der Waals surface area contributed by atoms with E-state index in [1.807, 2.05) is 0 Å². The summed E-state index contributed by atoms with van der Waals surface area (Å²) in [5.74, 6) is 0.424. The summed E-state index contributed by atoms with van der Waals surface area (Å²) in [4.78, 5) is 33.7. The van der Waals surface area contributed by atoms with Crippen LogP contribution in [-0.4, -0.2) is 29.1 Å². The van der Waals surface area contributed by atoms with E-state index in [1.54, 1.807) is 0 Å². The molecule has 28 heavy (non-hydrogen) atoms. The predicted octanol–water partition coefficient (Wildman–Crippen LogP) is 5.01. The monoisotopic (exact) mass is 396 g/mol. The van der Waals surface area contributed by atoms with Crippen LogP contribution >= 0.6 is 0 Å². The van der Waals surface area contributed by atoms with Crippen molar-refractivity contribution in [2.24, 2.45) is 11.8 Å². The number of carboxylic acids is 1. The molecule has 162 valence electrons. The number of aliphatic carboxylic acids is 1. The minimum absolute atomic E-state index is 0.189. The maximum absolute atomic E-state index is 11.8. The van der Waals surface area contributed by atoms with Crippen molar-refractivity contribution in [3.05, 3.63) is 0 Å². The molecule has 1 rings (SSSR count). The van der Waals surface area contributed by atoms with Gasteiger partial charge < -0.3 is 10.4 Å². The number of nitrogens with one attached hydrogen (secondary N) is 2. The molecule has 3 unspecified atom stereocenters. The summed E-state index contributed by atoms with van der Waals surface area (Å²) >= 11 is 0. The maximum atomic E-state index is 11.8. The van der Waals surface area contributed by atoms with Crippen LogP contribution in [0.15, 0.2) is 0 Å². The third kappa shape index (κ3) is 10.7. The molecule has 0 aromatic heterocycles. The summed E-state index contributed by atoms with van der Waals surface area (Å²) in [5.41, 5.74) is 0. The lowest BCUT2D eigenvalue weighted by molar-refractivity contribution is -0.137. The zero-order valence-electron chi connectivity index (χ0n) is 17.8. The van der Waals surface area contributed by atoms with Crippen LogP contribution < -0.4 is 10.6 Å². The molecule has 6 heteroatoms. The van der Waals surface area contributed by atoms with Crippen molar-refractivity contribution in [3.63, 3.8) is 0 Å². The third-order valence-corrected chi connectivity index (χ3v) is 5.80. The van der Waals surface area contributed by atoms with Crippen LogP contribution in [0.5, 0.6) is 0 Å². The van der Waals surface area contributed by atoms with E-state index in [1.165, 1.54) is 51.4 Å². The highest BCUT2D eigenvalue weighted by atomic mass is 16.4. The van der Waals surface area contributed by atoms with Gasteiger partial charge in [-0.1, -0.05) is 71.6 Å². The Bertz CT molecular complexity index is 481. The number of hydrogen-bond donors (Lipinski definition) is 3. The van der Waals surface area contributed by atoms with Gasteiger partial charge in [-0.05, 0) is 37.5 Å². The first-order chi connectivity index (χ1) is 13.5. The van der Waals surface area contributed by atoms with Gasteiger partial charge in [-0.15, -0.1) is 0 Å². The zero-order valence-corrected chi connectivity index (χ0v) is 17.8. The Labute approximate surface area is 170 Å². The summed E-state index contributed by atoms with van der Waals surface area (Å²) in [6.45, 7) is 4.45. The third-order valence-electron chi connectivity index (χ3n) is 5.80. The van der Waals surface area contributed by atoms with E-state index in [-0.39, 0.29) is 24.4 Å². The number of carboxylic acid groups (broad SMARTS) is 1. The average Bonchev–Trinajstić information content (AvgIpc) is 2.97. The lowest BCUT2D eigenvalue weighted by Gasteiger charge is -2.24. The van der Waals surface area contributed by atoms with Crippen LogP contribution in [0.2, 0.25) is 0 Å². The van der Waals surface area contributed by atoms with Crippen LogP contribution in [0.1, 0.15) is 104 Å². The number of amides is 3. The highest BCUT2D eigenvalue weighted by Crippen LogP contribution is 2.30. The fraction of sp³-hybridized carbons (Fsp3) is 0.864.